The maximum Gasteiger partial charge on any atom is 0.192 e. The molecular weight excluding hydrogens is 408 g/mol. The number of oxazole rings is 1. The SMILES string of the molecule is Cc1nc2ccc(-c3ncc4nc(N(C)C5CC6(C)CC[C@](C)(C5)N6)sc4n3)cc2o1. The number of nitrogens with one attached hydrogen (secondary N) is 1. The third-order valence-electron chi connectivity index (χ3n) is 6.95. The van der Waals surface area contributed by atoms with Crippen LogP contribution in [0.2, 0.25) is 0 Å². The largest absolute Gasteiger partial charge is 0.441 e. The zero-order chi connectivity index (χ0) is 21.4. The molecule has 4 aromatic rings. The van der Waals surface area contributed by atoms with Crippen LogP contribution < -0.4 is 10.2 Å². The summed E-state index contributed by atoms with van der Waals surface area (Å²) in [7, 11) is 2.17. The molecule has 0 radical (unpaired) electrons. The fraction of sp³-hybridized carbons (Fsp3) is 0.478. The van der Waals surface area contributed by atoms with Gasteiger partial charge < -0.3 is 14.6 Å². The van der Waals surface area contributed by atoms with Gasteiger partial charge in [0.2, 0.25) is 0 Å². The van der Waals surface area contributed by atoms with Gasteiger partial charge in [0, 0.05) is 36.7 Å². The number of hydrogen-bond acceptors (Lipinski definition) is 8. The van der Waals surface area contributed by atoms with Crippen molar-refractivity contribution in [1.82, 2.24) is 25.3 Å². The number of piperidine rings is 1. The van der Waals surface area contributed by atoms with Crippen molar-refractivity contribution in [3.05, 3.63) is 30.3 Å². The Balaban J connectivity index is 1.32. The van der Waals surface area contributed by atoms with Crippen molar-refractivity contribution in [3.8, 4) is 11.4 Å². The van der Waals surface area contributed by atoms with Gasteiger partial charge in [0.1, 0.15) is 15.9 Å². The van der Waals surface area contributed by atoms with Gasteiger partial charge in [-0.25, -0.2) is 19.9 Å². The standard InChI is InChI=1S/C23H26N6OS/c1-13-25-16-6-5-14(9-18(16)30-13)19-24-12-17-20(27-19)31-21(26-17)29(4)15-10-22(2)7-8-23(3,11-15)28-22/h5-6,9,12,15,28H,7-8,10-11H2,1-4H3/t15?,22-,23?/m1/s1. The number of aryl methyl sites for hydroxylation is 1. The summed E-state index contributed by atoms with van der Waals surface area (Å²) in [5, 5.41) is 4.88. The molecule has 2 fully saturated rings. The van der Waals surface area contributed by atoms with Crippen LogP contribution in [0.1, 0.15) is 45.4 Å². The van der Waals surface area contributed by atoms with Crippen LogP contribution in [0.5, 0.6) is 0 Å². The lowest BCUT2D eigenvalue weighted by molar-refractivity contribution is 0.208. The van der Waals surface area contributed by atoms with E-state index in [1.54, 1.807) is 11.3 Å². The quantitative estimate of drug-likeness (QED) is 0.500. The second-order valence-corrected chi connectivity index (χ2v) is 10.7. The minimum absolute atomic E-state index is 0.229. The van der Waals surface area contributed by atoms with Crippen LogP contribution >= 0.6 is 11.3 Å². The van der Waals surface area contributed by atoms with Crippen molar-refractivity contribution in [3.63, 3.8) is 0 Å². The van der Waals surface area contributed by atoms with Crippen molar-refractivity contribution in [2.45, 2.75) is 63.6 Å². The Kier molecular flexibility index (Phi) is 3.99. The fourth-order valence-corrected chi connectivity index (χ4v) is 6.39. The van der Waals surface area contributed by atoms with Crippen LogP contribution in [-0.2, 0) is 0 Å². The number of anilines is 1. The molecule has 2 saturated heterocycles. The molecule has 2 unspecified atom stereocenters. The van der Waals surface area contributed by atoms with Crippen LogP contribution in [0.15, 0.2) is 28.8 Å². The lowest BCUT2D eigenvalue weighted by Crippen LogP contribution is -2.58. The summed E-state index contributed by atoms with van der Waals surface area (Å²) in [5.41, 5.74) is 3.83. The topological polar surface area (TPSA) is 80.0 Å². The molecule has 0 aliphatic carbocycles. The Morgan fingerprint density at radius 3 is 2.65 bits per heavy atom. The predicted molar refractivity (Wildman–Crippen MR) is 124 cm³/mol. The Morgan fingerprint density at radius 1 is 1.10 bits per heavy atom. The molecule has 3 aromatic heterocycles. The van der Waals surface area contributed by atoms with E-state index in [4.69, 9.17) is 14.4 Å². The lowest BCUT2D eigenvalue weighted by Gasteiger charge is -2.45. The molecule has 0 saturated carbocycles. The average Bonchev–Trinajstić information content (AvgIpc) is 3.38. The van der Waals surface area contributed by atoms with Gasteiger partial charge in [-0.15, -0.1) is 0 Å². The summed E-state index contributed by atoms with van der Waals surface area (Å²) in [6.45, 7) is 6.58. The number of rotatable bonds is 3. The van der Waals surface area contributed by atoms with E-state index >= 15 is 0 Å². The van der Waals surface area contributed by atoms with E-state index in [0.29, 0.717) is 17.8 Å². The molecule has 31 heavy (non-hydrogen) atoms. The monoisotopic (exact) mass is 434 g/mol. The van der Waals surface area contributed by atoms with Gasteiger partial charge in [0.05, 0.1) is 6.20 Å². The molecule has 1 aromatic carbocycles. The summed E-state index contributed by atoms with van der Waals surface area (Å²) in [6, 6.07) is 6.37. The number of benzene rings is 1. The fourth-order valence-electron chi connectivity index (χ4n) is 5.45. The summed E-state index contributed by atoms with van der Waals surface area (Å²) in [4.78, 5) is 21.9. The first-order chi connectivity index (χ1) is 14.8. The second kappa shape index (κ2) is 6.46. The minimum atomic E-state index is 0.229. The molecule has 5 heterocycles. The zero-order valence-corrected chi connectivity index (χ0v) is 19.1. The first kappa shape index (κ1) is 19.1. The molecule has 8 heteroatoms. The Bertz CT molecular complexity index is 1300. The van der Waals surface area contributed by atoms with E-state index in [0.717, 1.165) is 45.0 Å². The Labute approximate surface area is 184 Å². The zero-order valence-electron chi connectivity index (χ0n) is 18.3. The van der Waals surface area contributed by atoms with Crippen LogP contribution in [0, 0.1) is 6.92 Å². The third kappa shape index (κ3) is 3.20. The van der Waals surface area contributed by atoms with Gasteiger partial charge in [0.25, 0.3) is 0 Å². The van der Waals surface area contributed by atoms with E-state index in [-0.39, 0.29) is 11.1 Å². The van der Waals surface area contributed by atoms with Crippen molar-refractivity contribution in [1.29, 1.82) is 0 Å². The van der Waals surface area contributed by atoms with Crippen LogP contribution in [0.3, 0.4) is 0 Å². The molecule has 6 rings (SSSR count). The highest BCUT2D eigenvalue weighted by Gasteiger charge is 2.49. The van der Waals surface area contributed by atoms with E-state index in [1.807, 2.05) is 31.3 Å². The number of thiazole rings is 1. The van der Waals surface area contributed by atoms with Gasteiger partial charge in [0.15, 0.2) is 22.4 Å². The van der Waals surface area contributed by atoms with E-state index in [9.17, 15) is 0 Å². The number of aromatic nitrogens is 4. The normalized spacial score (nSPS) is 27.9. The third-order valence-corrected chi connectivity index (χ3v) is 8.00. The van der Waals surface area contributed by atoms with Gasteiger partial charge >= 0.3 is 0 Å². The minimum Gasteiger partial charge on any atom is -0.441 e. The molecule has 2 aliphatic heterocycles. The summed E-state index contributed by atoms with van der Waals surface area (Å²) < 4.78 is 5.67. The number of hydrogen-bond donors (Lipinski definition) is 1. The second-order valence-electron chi connectivity index (χ2n) is 9.72. The maximum absolute atomic E-state index is 5.67. The highest BCUT2D eigenvalue weighted by Crippen LogP contribution is 2.44. The molecule has 2 aliphatic rings. The molecular formula is C23H26N6OS. The molecule has 160 valence electrons. The highest BCUT2D eigenvalue weighted by molar-refractivity contribution is 7.21. The average molecular weight is 435 g/mol. The van der Waals surface area contributed by atoms with Crippen molar-refractivity contribution >= 4 is 37.9 Å². The van der Waals surface area contributed by atoms with Gasteiger partial charge in [-0.05, 0) is 57.7 Å². The highest BCUT2D eigenvalue weighted by atomic mass is 32.1. The molecule has 2 bridgehead atoms. The first-order valence-electron chi connectivity index (χ1n) is 10.8. The molecule has 3 atom stereocenters. The summed E-state index contributed by atoms with van der Waals surface area (Å²) in [6.07, 6.45) is 6.61. The van der Waals surface area contributed by atoms with Crippen LogP contribution in [0.4, 0.5) is 5.13 Å². The van der Waals surface area contributed by atoms with Gasteiger partial charge in [-0.3, -0.25) is 0 Å². The summed E-state index contributed by atoms with van der Waals surface area (Å²) in [5.74, 6) is 1.34. The lowest BCUT2D eigenvalue weighted by atomic mass is 9.84. The smallest absolute Gasteiger partial charge is 0.192 e. The Hall–Kier alpha value is -2.58. The predicted octanol–water partition coefficient (Wildman–Crippen LogP) is 4.70. The maximum atomic E-state index is 5.67. The van der Waals surface area contributed by atoms with Crippen LogP contribution in [-0.4, -0.2) is 44.1 Å². The van der Waals surface area contributed by atoms with E-state index in [2.05, 4.69) is 41.1 Å². The van der Waals surface area contributed by atoms with Gasteiger partial charge in [-0.2, -0.15) is 0 Å². The first-order valence-corrected chi connectivity index (χ1v) is 11.6. The molecule has 1 N–H and O–H groups in total. The van der Waals surface area contributed by atoms with E-state index in [1.165, 1.54) is 12.8 Å². The van der Waals surface area contributed by atoms with Crippen molar-refractivity contribution in [2.24, 2.45) is 0 Å². The van der Waals surface area contributed by atoms with E-state index < -0.39 is 0 Å². The molecule has 0 amide bonds. The Morgan fingerprint density at radius 2 is 1.87 bits per heavy atom. The number of nitrogens with zero attached hydrogens (tertiary/aromatic N) is 5. The van der Waals surface area contributed by atoms with Crippen LogP contribution in [0.25, 0.3) is 32.8 Å². The number of fused-ring (bicyclic) bond motifs is 4. The van der Waals surface area contributed by atoms with Crippen molar-refractivity contribution < 1.29 is 4.42 Å². The molecule has 7 nitrogen and oxygen atoms in total. The van der Waals surface area contributed by atoms with Crippen molar-refractivity contribution in [2.75, 3.05) is 11.9 Å². The van der Waals surface area contributed by atoms with Gasteiger partial charge in [-0.1, -0.05) is 11.3 Å². The molecule has 0 spiro atoms. The summed E-state index contributed by atoms with van der Waals surface area (Å²) >= 11 is 1.64.